The quantitative estimate of drug-likeness (QED) is 0.841. The van der Waals surface area contributed by atoms with Gasteiger partial charge in [-0.05, 0) is 37.7 Å². The number of rotatable bonds is 2. The minimum absolute atomic E-state index is 0.0993. The van der Waals surface area contributed by atoms with Gasteiger partial charge in [0.05, 0.1) is 10.4 Å². The van der Waals surface area contributed by atoms with E-state index in [0.717, 1.165) is 18.4 Å². The molecule has 0 unspecified atom stereocenters. The number of nitrogens with one attached hydrogen (secondary N) is 1. The summed E-state index contributed by atoms with van der Waals surface area (Å²) in [6.07, 6.45) is 3.32. The van der Waals surface area contributed by atoms with Gasteiger partial charge in [0.1, 0.15) is 11.1 Å². The number of aryl methyl sites for hydroxylation is 1. The largest absolute Gasteiger partial charge is 0.316 e. The number of fused-ring (bicyclic) bond motifs is 1. The van der Waals surface area contributed by atoms with E-state index < -0.39 is 0 Å². The van der Waals surface area contributed by atoms with Gasteiger partial charge in [0, 0.05) is 4.88 Å². The van der Waals surface area contributed by atoms with Crippen molar-refractivity contribution in [2.75, 3.05) is 5.32 Å². The Labute approximate surface area is 119 Å². The summed E-state index contributed by atoms with van der Waals surface area (Å²) in [5, 5.41) is 12.9. The normalized spacial score (nSPS) is 19.8. The molecule has 0 aromatic carbocycles. The fourth-order valence-electron chi connectivity index (χ4n) is 2.32. The number of halogens is 1. The minimum atomic E-state index is -0.249. The summed E-state index contributed by atoms with van der Waals surface area (Å²) in [5.41, 5.74) is 1.83. The molecule has 1 aromatic heterocycles. The van der Waals surface area contributed by atoms with E-state index in [1.54, 1.807) is 18.3 Å². The number of carbonyl (C=O) groups is 1. The molecule has 1 amide bonds. The molecule has 1 aromatic rings. The molecular weight excluding hydrogens is 312 g/mol. The lowest BCUT2D eigenvalue weighted by Gasteiger charge is -2.18. The number of carbonyl (C=O) groups excluding carboxylic acids is 1. The van der Waals surface area contributed by atoms with E-state index in [-0.39, 0.29) is 10.7 Å². The average Bonchev–Trinajstić information content (AvgIpc) is 2.67. The Hall–Kier alpha value is -0.860. The molecular formula is C13H15BrN2OS. The van der Waals surface area contributed by atoms with Crippen LogP contribution in [0.5, 0.6) is 0 Å². The number of amides is 1. The van der Waals surface area contributed by atoms with Gasteiger partial charge < -0.3 is 5.32 Å². The van der Waals surface area contributed by atoms with Gasteiger partial charge >= 0.3 is 0 Å². The Morgan fingerprint density at radius 1 is 1.67 bits per heavy atom. The molecule has 18 heavy (non-hydrogen) atoms. The Morgan fingerprint density at radius 3 is 3.00 bits per heavy atom. The molecule has 1 N–H and O–H groups in total. The van der Waals surface area contributed by atoms with E-state index in [1.165, 1.54) is 11.3 Å². The lowest BCUT2D eigenvalue weighted by molar-refractivity contribution is -0.115. The van der Waals surface area contributed by atoms with Crippen LogP contribution in [0.4, 0.5) is 5.00 Å². The van der Waals surface area contributed by atoms with Crippen molar-refractivity contribution in [1.82, 2.24) is 0 Å². The minimum Gasteiger partial charge on any atom is -0.316 e. The van der Waals surface area contributed by atoms with Gasteiger partial charge in [0.25, 0.3) is 0 Å². The van der Waals surface area contributed by atoms with Crippen LogP contribution < -0.4 is 5.32 Å². The van der Waals surface area contributed by atoms with Crippen LogP contribution in [0.1, 0.15) is 48.6 Å². The lowest BCUT2D eigenvalue weighted by atomic mass is 9.87. The maximum absolute atomic E-state index is 11.7. The Bertz CT molecular complexity index is 516. The highest BCUT2D eigenvalue weighted by Crippen LogP contribution is 2.42. The van der Waals surface area contributed by atoms with E-state index in [1.807, 2.05) is 0 Å². The molecule has 1 heterocycles. The Balaban J connectivity index is 2.38. The summed E-state index contributed by atoms with van der Waals surface area (Å²) < 4.78 is 0. The molecule has 3 nitrogen and oxygen atoms in total. The van der Waals surface area contributed by atoms with Crippen LogP contribution in [0.3, 0.4) is 0 Å². The van der Waals surface area contributed by atoms with E-state index in [0.29, 0.717) is 16.5 Å². The highest BCUT2D eigenvalue weighted by atomic mass is 79.9. The lowest BCUT2D eigenvalue weighted by Crippen LogP contribution is -2.19. The van der Waals surface area contributed by atoms with Gasteiger partial charge in [-0.2, -0.15) is 5.26 Å². The van der Waals surface area contributed by atoms with Gasteiger partial charge in [-0.25, -0.2) is 0 Å². The third-order valence-electron chi connectivity index (χ3n) is 3.27. The number of nitriles is 1. The summed E-state index contributed by atoms with van der Waals surface area (Å²) in [6, 6.07) is 2.26. The van der Waals surface area contributed by atoms with Crippen LogP contribution in [0.2, 0.25) is 0 Å². The first-order valence-corrected chi connectivity index (χ1v) is 7.78. The summed E-state index contributed by atoms with van der Waals surface area (Å²) in [6.45, 7) is 3.93. The van der Waals surface area contributed by atoms with Crippen LogP contribution in [-0.4, -0.2) is 10.7 Å². The second-order valence-corrected chi connectivity index (χ2v) is 7.13. The van der Waals surface area contributed by atoms with Gasteiger partial charge in [0.2, 0.25) is 5.91 Å². The van der Waals surface area contributed by atoms with Crippen LogP contribution in [0.15, 0.2) is 0 Å². The molecule has 1 aliphatic carbocycles. The molecule has 0 saturated carbocycles. The van der Waals surface area contributed by atoms with Crippen molar-refractivity contribution in [2.45, 2.75) is 43.9 Å². The average molecular weight is 327 g/mol. The maximum Gasteiger partial charge on any atom is 0.238 e. The third kappa shape index (κ3) is 2.45. The van der Waals surface area contributed by atoms with E-state index >= 15 is 0 Å². The van der Waals surface area contributed by atoms with Crippen molar-refractivity contribution in [3.63, 3.8) is 0 Å². The molecule has 1 aliphatic rings. The van der Waals surface area contributed by atoms with Crippen LogP contribution in [0, 0.1) is 11.3 Å². The topological polar surface area (TPSA) is 52.9 Å². The smallest absolute Gasteiger partial charge is 0.238 e. The highest BCUT2D eigenvalue weighted by molar-refractivity contribution is 9.10. The van der Waals surface area contributed by atoms with E-state index in [2.05, 4.69) is 34.2 Å². The van der Waals surface area contributed by atoms with Crippen molar-refractivity contribution in [1.29, 1.82) is 5.26 Å². The molecule has 0 aliphatic heterocycles. The standard InChI is InChI=1S/C13H15BrN2OS/c1-7-4-3-5-10-11(7)9(6-15)13(18-10)16-12(17)8(2)14/h7-8H,3-5H2,1-2H3,(H,16,17)/t7-,8+/m0/s1. The van der Waals surface area contributed by atoms with Crippen molar-refractivity contribution in [2.24, 2.45) is 0 Å². The van der Waals surface area contributed by atoms with Gasteiger partial charge in [-0.1, -0.05) is 22.9 Å². The van der Waals surface area contributed by atoms with Gasteiger partial charge in [-0.3, -0.25) is 4.79 Å². The number of thiophene rings is 1. The SMILES string of the molecule is C[C@@H](Br)C(=O)Nc1sc2c(c1C#N)[C@@H](C)CCC2. The predicted molar refractivity (Wildman–Crippen MR) is 77.4 cm³/mol. The number of hydrogen-bond donors (Lipinski definition) is 1. The second kappa shape index (κ2) is 5.41. The molecule has 0 bridgehead atoms. The Morgan fingerprint density at radius 2 is 2.39 bits per heavy atom. The summed E-state index contributed by atoms with van der Waals surface area (Å²) in [5.74, 6) is 0.324. The van der Waals surface area contributed by atoms with Crippen molar-refractivity contribution >= 4 is 38.2 Å². The van der Waals surface area contributed by atoms with Gasteiger partial charge in [0.15, 0.2) is 0 Å². The first-order chi connectivity index (χ1) is 8.54. The summed E-state index contributed by atoms with van der Waals surface area (Å²) in [7, 11) is 0. The summed E-state index contributed by atoms with van der Waals surface area (Å²) in [4.78, 5) is 12.7. The Kier molecular flexibility index (Phi) is 4.08. The third-order valence-corrected chi connectivity index (χ3v) is 4.86. The number of nitrogens with zero attached hydrogens (tertiary/aromatic N) is 1. The molecule has 96 valence electrons. The fraction of sp³-hybridized carbons (Fsp3) is 0.538. The zero-order chi connectivity index (χ0) is 13.3. The number of hydrogen-bond acceptors (Lipinski definition) is 3. The molecule has 0 fully saturated rings. The first kappa shape index (κ1) is 13.6. The molecule has 5 heteroatoms. The summed E-state index contributed by atoms with van der Waals surface area (Å²) >= 11 is 4.80. The van der Waals surface area contributed by atoms with E-state index in [4.69, 9.17) is 0 Å². The monoisotopic (exact) mass is 326 g/mol. The number of alkyl halides is 1. The van der Waals surface area contributed by atoms with Gasteiger partial charge in [-0.15, -0.1) is 11.3 Å². The molecule has 0 saturated heterocycles. The molecule has 0 spiro atoms. The van der Waals surface area contributed by atoms with Crippen molar-refractivity contribution in [3.05, 3.63) is 16.0 Å². The predicted octanol–water partition coefficient (Wildman–Crippen LogP) is 3.78. The first-order valence-electron chi connectivity index (χ1n) is 6.05. The fourth-order valence-corrected chi connectivity index (χ4v) is 3.75. The van der Waals surface area contributed by atoms with E-state index in [9.17, 15) is 10.1 Å². The van der Waals surface area contributed by atoms with Crippen LogP contribution >= 0.6 is 27.3 Å². The van der Waals surface area contributed by atoms with Crippen LogP contribution in [0.25, 0.3) is 0 Å². The molecule has 0 radical (unpaired) electrons. The second-order valence-electron chi connectivity index (χ2n) is 4.65. The van der Waals surface area contributed by atoms with Crippen molar-refractivity contribution in [3.8, 4) is 6.07 Å². The van der Waals surface area contributed by atoms with Crippen LogP contribution in [-0.2, 0) is 11.2 Å². The van der Waals surface area contributed by atoms with Crippen molar-refractivity contribution < 1.29 is 4.79 Å². The molecule has 2 rings (SSSR count). The molecule has 2 atom stereocenters. The zero-order valence-electron chi connectivity index (χ0n) is 10.4. The zero-order valence-corrected chi connectivity index (χ0v) is 12.8. The number of anilines is 1. The highest BCUT2D eigenvalue weighted by Gasteiger charge is 2.26. The maximum atomic E-state index is 11.7.